The lowest BCUT2D eigenvalue weighted by molar-refractivity contribution is 0.448. The van der Waals surface area contributed by atoms with Crippen molar-refractivity contribution >= 4 is 6.01 Å². The van der Waals surface area contributed by atoms with Gasteiger partial charge in [-0.1, -0.05) is 18.9 Å². The second-order valence-corrected chi connectivity index (χ2v) is 4.18. The molecule has 0 aliphatic heterocycles. The van der Waals surface area contributed by atoms with E-state index in [1.54, 1.807) is 0 Å². The molecule has 0 spiro atoms. The summed E-state index contributed by atoms with van der Waals surface area (Å²) in [6.45, 7) is 11.9. The van der Waals surface area contributed by atoms with Crippen LogP contribution >= 0.6 is 0 Å². The molecule has 0 saturated heterocycles. The molecule has 1 aromatic rings. The van der Waals surface area contributed by atoms with Gasteiger partial charge in [0.05, 0.1) is 6.54 Å². The highest BCUT2D eigenvalue weighted by atomic mass is 16.4. The normalized spacial score (nSPS) is 11.1. The van der Waals surface area contributed by atoms with Crippen LogP contribution in [-0.2, 0) is 6.54 Å². The zero-order chi connectivity index (χ0) is 12.0. The van der Waals surface area contributed by atoms with Crippen LogP contribution in [0.3, 0.4) is 0 Å². The van der Waals surface area contributed by atoms with Crippen molar-refractivity contribution in [3.05, 3.63) is 5.89 Å². The Bertz CT molecular complexity index is 294. The molecule has 5 heteroatoms. The molecule has 0 atom stereocenters. The molecule has 1 heterocycles. The SMILES string of the molecule is CCN(CC)c1nnc(CNCC(C)C)o1. The van der Waals surface area contributed by atoms with Crippen LogP contribution in [0.4, 0.5) is 6.01 Å². The molecule has 0 aromatic carbocycles. The fraction of sp³-hybridized carbons (Fsp3) is 0.818. The number of aromatic nitrogens is 2. The number of nitrogens with one attached hydrogen (secondary N) is 1. The van der Waals surface area contributed by atoms with Gasteiger partial charge in [-0.3, -0.25) is 0 Å². The number of hydrogen-bond donors (Lipinski definition) is 1. The molecule has 1 N–H and O–H groups in total. The first-order valence-electron chi connectivity index (χ1n) is 5.95. The average Bonchev–Trinajstić information content (AvgIpc) is 2.68. The lowest BCUT2D eigenvalue weighted by Gasteiger charge is -2.14. The van der Waals surface area contributed by atoms with E-state index < -0.39 is 0 Å². The summed E-state index contributed by atoms with van der Waals surface area (Å²) in [5.74, 6) is 1.28. The van der Waals surface area contributed by atoms with Gasteiger partial charge < -0.3 is 14.6 Å². The van der Waals surface area contributed by atoms with Crippen LogP contribution in [0, 0.1) is 5.92 Å². The molecule has 0 saturated carbocycles. The van der Waals surface area contributed by atoms with Gasteiger partial charge in [0.2, 0.25) is 5.89 Å². The van der Waals surface area contributed by atoms with Gasteiger partial charge in [-0.25, -0.2) is 0 Å². The van der Waals surface area contributed by atoms with Crippen LogP contribution in [-0.4, -0.2) is 29.8 Å². The van der Waals surface area contributed by atoms with Crippen molar-refractivity contribution in [2.75, 3.05) is 24.5 Å². The molecule has 0 aliphatic carbocycles. The maximum Gasteiger partial charge on any atom is 0.318 e. The molecule has 0 unspecified atom stereocenters. The van der Waals surface area contributed by atoms with Crippen molar-refractivity contribution in [2.45, 2.75) is 34.2 Å². The summed E-state index contributed by atoms with van der Waals surface area (Å²) in [5, 5.41) is 11.3. The Hall–Kier alpha value is -1.10. The minimum atomic E-state index is 0.617. The van der Waals surface area contributed by atoms with E-state index in [1.807, 2.05) is 4.90 Å². The second-order valence-electron chi connectivity index (χ2n) is 4.18. The molecular weight excluding hydrogens is 204 g/mol. The summed E-state index contributed by atoms with van der Waals surface area (Å²) in [4.78, 5) is 2.04. The van der Waals surface area contributed by atoms with Crippen LogP contribution < -0.4 is 10.2 Å². The Labute approximate surface area is 97.2 Å². The van der Waals surface area contributed by atoms with Crippen LogP contribution in [0.25, 0.3) is 0 Å². The van der Waals surface area contributed by atoms with Crippen LogP contribution in [0.1, 0.15) is 33.6 Å². The zero-order valence-corrected chi connectivity index (χ0v) is 10.7. The number of anilines is 1. The summed E-state index contributed by atoms with van der Waals surface area (Å²) in [7, 11) is 0. The van der Waals surface area contributed by atoms with Gasteiger partial charge >= 0.3 is 6.01 Å². The molecule has 0 bridgehead atoms. The maximum absolute atomic E-state index is 5.55. The van der Waals surface area contributed by atoms with E-state index in [-0.39, 0.29) is 0 Å². The minimum Gasteiger partial charge on any atom is -0.407 e. The predicted octanol–water partition coefficient (Wildman–Crippen LogP) is 1.66. The third-order valence-corrected chi connectivity index (χ3v) is 2.32. The minimum absolute atomic E-state index is 0.617. The lowest BCUT2D eigenvalue weighted by Crippen LogP contribution is -2.22. The Kier molecular flexibility index (Phi) is 5.25. The molecule has 0 radical (unpaired) electrons. The summed E-state index contributed by atoms with van der Waals surface area (Å²) in [5.41, 5.74) is 0. The summed E-state index contributed by atoms with van der Waals surface area (Å²) < 4.78 is 5.55. The molecule has 92 valence electrons. The van der Waals surface area contributed by atoms with Gasteiger partial charge in [0, 0.05) is 13.1 Å². The van der Waals surface area contributed by atoms with E-state index in [9.17, 15) is 0 Å². The zero-order valence-electron chi connectivity index (χ0n) is 10.7. The van der Waals surface area contributed by atoms with Gasteiger partial charge in [0.25, 0.3) is 0 Å². The fourth-order valence-corrected chi connectivity index (χ4v) is 1.41. The summed E-state index contributed by atoms with van der Waals surface area (Å²) in [6, 6.07) is 0.617. The molecule has 1 rings (SSSR count). The van der Waals surface area contributed by atoms with E-state index in [0.29, 0.717) is 24.4 Å². The third-order valence-electron chi connectivity index (χ3n) is 2.32. The monoisotopic (exact) mass is 226 g/mol. The highest BCUT2D eigenvalue weighted by Crippen LogP contribution is 2.11. The molecule has 0 aliphatic rings. The predicted molar refractivity (Wildman–Crippen MR) is 64.4 cm³/mol. The van der Waals surface area contributed by atoms with Crippen LogP contribution in [0.2, 0.25) is 0 Å². The molecule has 1 aromatic heterocycles. The lowest BCUT2D eigenvalue weighted by atomic mass is 10.2. The standard InChI is InChI=1S/C11H22N4O/c1-5-15(6-2)11-14-13-10(16-11)8-12-7-9(3)4/h9,12H,5-8H2,1-4H3. The Morgan fingerprint density at radius 2 is 1.94 bits per heavy atom. The third kappa shape index (κ3) is 3.81. The van der Waals surface area contributed by atoms with Crippen molar-refractivity contribution in [3.63, 3.8) is 0 Å². The van der Waals surface area contributed by atoms with Crippen molar-refractivity contribution in [3.8, 4) is 0 Å². The van der Waals surface area contributed by atoms with Gasteiger partial charge in [-0.05, 0) is 26.3 Å². The van der Waals surface area contributed by atoms with E-state index in [2.05, 4.69) is 43.2 Å². The summed E-state index contributed by atoms with van der Waals surface area (Å²) >= 11 is 0. The van der Waals surface area contributed by atoms with Gasteiger partial charge in [-0.2, -0.15) is 0 Å². The largest absolute Gasteiger partial charge is 0.407 e. The topological polar surface area (TPSA) is 54.2 Å². The van der Waals surface area contributed by atoms with E-state index in [1.165, 1.54) is 0 Å². The highest BCUT2D eigenvalue weighted by Gasteiger charge is 2.10. The Morgan fingerprint density at radius 3 is 2.50 bits per heavy atom. The molecular formula is C11H22N4O. The summed E-state index contributed by atoms with van der Waals surface area (Å²) in [6.07, 6.45) is 0. The smallest absolute Gasteiger partial charge is 0.318 e. The Morgan fingerprint density at radius 1 is 1.25 bits per heavy atom. The first kappa shape index (κ1) is 13.0. The first-order chi connectivity index (χ1) is 7.67. The Balaban J connectivity index is 2.44. The second kappa shape index (κ2) is 6.48. The van der Waals surface area contributed by atoms with Crippen LogP contribution in [0.5, 0.6) is 0 Å². The fourth-order valence-electron chi connectivity index (χ4n) is 1.41. The first-order valence-corrected chi connectivity index (χ1v) is 5.95. The molecule has 16 heavy (non-hydrogen) atoms. The molecule has 0 fully saturated rings. The van der Waals surface area contributed by atoms with Crippen molar-refractivity contribution in [2.24, 2.45) is 5.92 Å². The van der Waals surface area contributed by atoms with E-state index >= 15 is 0 Å². The van der Waals surface area contributed by atoms with Crippen molar-refractivity contribution in [1.29, 1.82) is 0 Å². The van der Waals surface area contributed by atoms with E-state index in [0.717, 1.165) is 19.6 Å². The van der Waals surface area contributed by atoms with Gasteiger partial charge in [0.1, 0.15) is 0 Å². The van der Waals surface area contributed by atoms with Crippen molar-refractivity contribution in [1.82, 2.24) is 15.5 Å². The number of rotatable bonds is 7. The quantitative estimate of drug-likeness (QED) is 0.766. The van der Waals surface area contributed by atoms with Gasteiger partial charge in [0.15, 0.2) is 0 Å². The van der Waals surface area contributed by atoms with E-state index in [4.69, 9.17) is 4.42 Å². The van der Waals surface area contributed by atoms with Gasteiger partial charge in [-0.15, -0.1) is 5.10 Å². The molecule has 0 amide bonds. The van der Waals surface area contributed by atoms with Crippen molar-refractivity contribution < 1.29 is 4.42 Å². The average molecular weight is 226 g/mol. The number of nitrogens with zero attached hydrogens (tertiary/aromatic N) is 3. The highest BCUT2D eigenvalue weighted by molar-refractivity contribution is 5.22. The number of hydrogen-bond acceptors (Lipinski definition) is 5. The maximum atomic E-state index is 5.55. The molecule has 5 nitrogen and oxygen atoms in total. The van der Waals surface area contributed by atoms with Crippen LogP contribution in [0.15, 0.2) is 4.42 Å².